The summed E-state index contributed by atoms with van der Waals surface area (Å²) in [5.41, 5.74) is 1.93. The first-order valence-corrected chi connectivity index (χ1v) is 5.86. The van der Waals surface area contributed by atoms with E-state index in [0.29, 0.717) is 16.3 Å². The van der Waals surface area contributed by atoms with Gasteiger partial charge in [0, 0.05) is 16.3 Å². The number of carbonyl (C=O) groups is 1. The Morgan fingerprint density at radius 2 is 1.67 bits per heavy atom. The molecule has 0 aliphatic carbocycles. The second-order valence-electron chi connectivity index (χ2n) is 3.81. The van der Waals surface area contributed by atoms with E-state index in [-0.39, 0.29) is 5.91 Å². The molecule has 18 heavy (non-hydrogen) atoms. The molecule has 0 bridgehead atoms. The largest absolute Gasteiger partial charge is 0.322 e. The second kappa shape index (κ2) is 5.52. The number of rotatable bonds is 3. The number of amides is 1. The Balaban J connectivity index is 2.11. The molecule has 2 aromatic carbocycles. The van der Waals surface area contributed by atoms with Crippen molar-refractivity contribution < 1.29 is 4.79 Å². The molecule has 0 unspecified atom stereocenters. The molecule has 0 radical (unpaired) electrons. The fourth-order valence-corrected chi connectivity index (χ4v) is 1.74. The third kappa shape index (κ3) is 2.99. The molecule has 2 rings (SSSR count). The van der Waals surface area contributed by atoms with Crippen molar-refractivity contribution >= 4 is 23.2 Å². The maximum Gasteiger partial charge on any atom is 0.255 e. The Hall–Kier alpha value is -2.06. The van der Waals surface area contributed by atoms with Gasteiger partial charge in [0.2, 0.25) is 0 Å². The van der Waals surface area contributed by atoms with Crippen LogP contribution >= 0.6 is 11.6 Å². The number of hydrogen-bond acceptors (Lipinski definition) is 1. The molecule has 0 fully saturated rings. The van der Waals surface area contributed by atoms with E-state index in [1.54, 1.807) is 24.3 Å². The minimum atomic E-state index is -0.180. The van der Waals surface area contributed by atoms with Gasteiger partial charge < -0.3 is 5.32 Å². The van der Waals surface area contributed by atoms with Gasteiger partial charge in [0.15, 0.2) is 0 Å². The molecule has 2 nitrogen and oxygen atoms in total. The zero-order chi connectivity index (χ0) is 13.0. The fraction of sp³-hybridized carbons (Fsp3) is 0. The summed E-state index contributed by atoms with van der Waals surface area (Å²) in [6.07, 6.45) is 0. The van der Waals surface area contributed by atoms with E-state index in [0.717, 1.165) is 5.56 Å². The highest BCUT2D eigenvalue weighted by Gasteiger charge is 2.07. The minimum absolute atomic E-state index is 0.180. The summed E-state index contributed by atoms with van der Waals surface area (Å²) in [6.45, 7) is 3.84. The van der Waals surface area contributed by atoms with Crippen molar-refractivity contribution in [3.8, 4) is 0 Å². The summed E-state index contributed by atoms with van der Waals surface area (Å²) in [4.78, 5) is 11.9. The summed E-state index contributed by atoms with van der Waals surface area (Å²) >= 11 is 5.89. The van der Waals surface area contributed by atoms with Crippen molar-refractivity contribution in [2.24, 2.45) is 0 Å². The summed E-state index contributed by atoms with van der Waals surface area (Å²) in [5, 5.41) is 3.36. The van der Waals surface area contributed by atoms with Gasteiger partial charge in [-0.3, -0.25) is 4.79 Å². The zero-order valence-corrected chi connectivity index (χ0v) is 10.4. The molecule has 3 heteroatoms. The third-order valence-electron chi connectivity index (χ3n) is 2.47. The van der Waals surface area contributed by atoms with Gasteiger partial charge in [-0.1, -0.05) is 48.5 Å². The van der Waals surface area contributed by atoms with E-state index in [9.17, 15) is 4.79 Å². The lowest BCUT2D eigenvalue weighted by Crippen LogP contribution is -2.21. The minimum Gasteiger partial charge on any atom is -0.322 e. The SMILES string of the molecule is C=C(NC(=O)c1ccccc1)c1cccc(Cl)c1. The Kier molecular flexibility index (Phi) is 3.80. The number of nitrogens with one attached hydrogen (secondary N) is 1. The van der Waals surface area contributed by atoms with Gasteiger partial charge in [0.25, 0.3) is 5.91 Å². The lowest BCUT2D eigenvalue weighted by atomic mass is 10.1. The number of halogens is 1. The lowest BCUT2D eigenvalue weighted by Gasteiger charge is -2.08. The van der Waals surface area contributed by atoms with Crippen LogP contribution in [0, 0.1) is 0 Å². The Labute approximate surface area is 111 Å². The van der Waals surface area contributed by atoms with Gasteiger partial charge in [0.1, 0.15) is 0 Å². The van der Waals surface area contributed by atoms with Crippen LogP contribution in [0.4, 0.5) is 0 Å². The first-order valence-electron chi connectivity index (χ1n) is 5.48. The predicted molar refractivity (Wildman–Crippen MR) is 74.4 cm³/mol. The van der Waals surface area contributed by atoms with E-state index in [1.165, 1.54) is 0 Å². The molecule has 1 amide bonds. The molecule has 0 aromatic heterocycles. The standard InChI is InChI=1S/C15H12ClNO/c1-11(13-8-5-9-14(16)10-13)17-15(18)12-6-3-2-4-7-12/h2-10H,1H2,(H,17,18). The Morgan fingerprint density at radius 1 is 1.00 bits per heavy atom. The molecule has 0 saturated heterocycles. The van der Waals surface area contributed by atoms with Crippen molar-refractivity contribution in [1.82, 2.24) is 5.32 Å². The maximum atomic E-state index is 11.9. The van der Waals surface area contributed by atoms with E-state index >= 15 is 0 Å². The summed E-state index contributed by atoms with van der Waals surface area (Å²) in [5.74, 6) is -0.180. The molecule has 0 aliphatic heterocycles. The van der Waals surface area contributed by atoms with Crippen LogP contribution in [0.3, 0.4) is 0 Å². The van der Waals surface area contributed by atoms with Crippen LogP contribution in [0.5, 0.6) is 0 Å². The smallest absolute Gasteiger partial charge is 0.255 e. The number of benzene rings is 2. The van der Waals surface area contributed by atoms with Gasteiger partial charge in [-0.25, -0.2) is 0 Å². The monoisotopic (exact) mass is 257 g/mol. The summed E-state index contributed by atoms with van der Waals surface area (Å²) in [6, 6.07) is 16.2. The van der Waals surface area contributed by atoms with Gasteiger partial charge in [-0.15, -0.1) is 0 Å². The van der Waals surface area contributed by atoms with Crippen molar-refractivity contribution in [3.63, 3.8) is 0 Å². The van der Waals surface area contributed by atoms with E-state index < -0.39 is 0 Å². The Bertz CT molecular complexity index is 578. The van der Waals surface area contributed by atoms with Crippen LogP contribution in [-0.4, -0.2) is 5.91 Å². The zero-order valence-electron chi connectivity index (χ0n) is 9.69. The normalized spacial score (nSPS) is 9.83. The molecule has 90 valence electrons. The van der Waals surface area contributed by atoms with Crippen LogP contribution in [0.25, 0.3) is 5.70 Å². The van der Waals surface area contributed by atoms with Crippen molar-refractivity contribution in [3.05, 3.63) is 77.3 Å². The first kappa shape index (κ1) is 12.4. The fourth-order valence-electron chi connectivity index (χ4n) is 1.55. The van der Waals surface area contributed by atoms with Crippen LogP contribution in [0.1, 0.15) is 15.9 Å². The number of carbonyl (C=O) groups excluding carboxylic acids is 1. The summed E-state index contributed by atoms with van der Waals surface area (Å²) < 4.78 is 0. The third-order valence-corrected chi connectivity index (χ3v) is 2.71. The molecule has 0 aliphatic rings. The van der Waals surface area contributed by atoms with Gasteiger partial charge >= 0.3 is 0 Å². The predicted octanol–water partition coefficient (Wildman–Crippen LogP) is 3.74. The summed E-state index contributed by atoms with van der Waals surface area (Å²) in [7, 11) is 0. The van der Waals surface area contributed by atoms with Gasteiger partial charge in [-0.05, 0) is 29.8 Å². The van der Waals surface area contributed by atoms with Gasteiger partial charge in [-0.2, -0.15) is 0 Å². The van der Waals surface area contributed by atoms with E-state index in [4.69, 9.17) is 11.6 Å². The molecule has 0 atom stereocenters. The van der Waals surface area contributed by atoms with Crippen LogP contribution in [-0.2, 0) is 0 Å². The quantitative estimate of drug-likeness (QED) is 0.892. The lowest BCUT2D eigenvalue weighted by molar-refractivity contribution is 0.0974. The second-order valence-corrected chi connectivity index (χ2v) is 4.25. The number of hydrogen-bond donors (Lipinski definition) is 1. The maximum absolute atomic E-state index is 11.9. The van der Waals surface area contributed by atoms with Crippen molar-refractivity contribution in [2.45, 2.75) is 0 Å². The highest BCUT2D eigenvalue weighted by atomic mass is 35.5. The highest BCUT2D eigenvalue weighted by Crippen LogP contribution is 2.16. The van der Waals surface area contributed by atoms with Crippen LogP contribution in [0.15, 0.2) is 61.2 Å². The molecule has 0 saturated carbocycles. The van der Waals surface area contributed by atoms with E-state index in [1.807, 2.05) is 30.3 Å². The molecule has 0 spiro atoms. The molecular weight excluding hydrogens is 246 g/mol. The average Bonchev–Trinajstić information content (AvgIpc) is 2.39. The molecule has 0 heterocycles. The first-order chi connectivity index (χ1) is 8.66. The highest BCUT2D eigenvalue weighted by molar-refractivity contribution is 6.30. The van der Waals surface area contributed by atoms with Crippen LogP contribution < -0.4 is 5.32 Å². The Morgan fingerprint density at radius 3 is 2.33 bits per heavy atom. The van der Waals surface area contributed by atoms with Crippen LogP contribution in [0.2, 0.25) is 5.02 Å². The molecular formula is C15H12ClNO. The van der Waals surface area contributed by atoms with Gasteiger partial charge in [0.05, 0.1) is 0 Å². The average molecular weight is 258 g/mol. The topological polar surface area (TPSA) is 29.1 Å². The molecule has 2 aromatic rings. The van der Waals surface area contributed by atoms with Crippen molar-refractivity contribution in [2.75, 3.05) is 0 Å². The van der Waals surface area contributed by atoms with Crippen molar-refractivity contribution in [1.29, 1.82) is 0 Å². The van der Waals surface area contributed by atoms with E-state index in [2.05, 4.69) is 11.9 Å². The molecule has 1 N–H and O–H groups in total.